The molecule has 0 aliphatic carbocycles. The highest BCUT2D eigenvalue weighted by Gasteiger charge is 2.18. The summed E-state index contributed by atoms with van der Waals surface area (Å²) in [7, 11) is 0. The Balaban J connectivity index is 3.48. The van der Waals surface area contributed by atoms with Crippen LogP contribution in [0.25, 0.3) is 0 Å². The van der Waals surface area contributed by atoms with Crippen molar-refractivity contribution in [1.82, 2.24) is 5.32 Å². The van der Waals surface area contributed by atoms with Crippen LogP contribution in [0.5, 0.6) is 0 Å². The summed E-state index contributed by atoms with van der Waals surface area (Å²) in [6.07, 6.45) is 80.1. The lowest BCUT2D eigenvalue weighted by molar-refractivity contribution is -0.143. The van der Waals surface area contributed by atoms with Crippen molar-refractivity contribution in [3.8, 4) is 0 Å². The lowest BCUT2D eigenvalue weighted by Gasteiger charge is -2.20. The molecule has 0 aromatic carbocycles. The average Bonchev–Trinajstić information content (AvgIpc) is 3.39. The molecular formula is C67H125NO5. The highest BCUT2D eigenvalue weighted by atomic mass is 16.5. The standard InChI is InChI=1S/C67H125NO5/c1-3-5-7-9-11-13-15-17-19-21-22-23-24-28-31-35-39-43-47-51-55-59-65(70)64(63-69)68-66(71)60-56-52-48-44-40-36-32-29-25-26-30-34-38-42-46-50-54-58-62-73-67(72)61-57-53-49-45-41-37-33-27-20-18-16-14-12-10-8-6-4-2/h12,14,18,20,29,32,55,59,64-65,69-70H,3-11,13,15-17,19,21-28,30-31,33-54,56-58,60-63H2,1-2H3,(H,68,71)/b14-12-,20-18-,32-29-,59-55+. The summed E-state index contributed by atoms with van der Waals surface area (Å²) in [6, 6.07) is -0.640. The molecule has 1 amide bonds. The Morgan fingerprint density at radius 2 is 0.685 bits per heavy atom. The molecule has 6 nitrogen and oxygen atoms in total. The van der Waals surface area contributed by atoms with Crippen molar-refractivity contribution in [1.29, 1.82) is 0 Å². The summed E-state index contributed by atoms with van der Waals surface area (Å²) >= 11 is 0. The zero-order valence-electron chi connectivity index (χ0n) is 48.9. The number of nitrogens with one attached hydrogen (secondary N) is 1. The van der Waals surface area contributed by atoms with Gasteiger partial charge >= 0.3 is 5.97 Å². The smallest absolute Gasteiger partial charge is 0.305 e. The van der Waals surface area contributed by atoms with Gasteiger partial charge in [0.1, 0.15) is 0 Å². The van der Waals surface area contributed by atoms with Crippen LogP contribution >= 0.6 is 0 Å². The van der Waals surface area contributed by atoms with E-state index in [1.165, 1.54) is 244 Å². The zero-order valence-corrected chi connectivity index (χ0v) is 48.9. The van der Waals surface area contributed by atoms with Crippen molar-refractivity contribution in [3.05, 3.63) is 48.6 Å². The summed E-state index contributed by atoms with van der Waals surface area (Å²) in [4.78, 5) is 24.6. The third-order valence-electron chi connectivity index (χ3n) is 14.8. The van der Waals surface area contributed by atoms with E-state index < -0.39 is 12.1 Å². The topological polar surface area (TPSA) is 95.9 Å². The van der Waals surface area contributed by atoms with E-state index in [-0.39, 0.29) is 18.5 Å². The van der Waals surface area contributed by atoms with E-state index >= 15 is 0 Å². The first-order valence-corrected chi connectivity index (χ1v) is 32.4. The molecular weight excluding hydrogens is 899 g/mol. The molecule has 0 fully saturated rings. The largest absolute Gasteiger partial charge is 0.466 e. The van der Waals surface area contributed by atoms with Crippen molar-refractivity contribution in [3.63, 3.8) is 0 Å². The normalized spacial score (nSPS) is 12.9. The van der Waals surface area contributed by atoms with Crippen LogP contribution in [0.4, 0.5) is 0 Å². The Bertz CT molecular complexity index is 1230. The van der Waals surface area contributed by atoms with Gasteiger partial charge in [-0.25, -0.2) is 0 Å². The minimum absolute atomic E-state index is 0.00556. The van der Waals surface area contributed by atoms with Crippen molar-refractivity contribution in [2.45, 2.75) is 353 Å². The van der Waals surface area contributed by atoms with Crippen LogP contribution in [0.1, 0.15) is 341 Å². The molecule has 0 radical (unpaired) electrons. The number of hydrogen-bond acceptors (Lipinski definition) is 5. The molecule has 428 valence electrons. The summed E-state index contributed by atoms with van der Waals surface area (Å²) < 4.78 is 5.48. The maximum atomic E-state index is 12.5. The van der Waals surface area contributed by atoms with Gasteiger partial charge < -0.3 is 20.3 Å². The molecule has 0 aromatic heterocycles. The first-order chi connectivity index (χ1) is 36.0. The van der Waals surface area contributed by atoms with Crippen LogP contribution in [-0.4, -0.2) is 47.4 Å². The molecule has 2 atom stereocenters. The fourth-order valence-corrected chi connectivity index (χ4v) is 9.84. The fourth-order valence-electron chi connectivity index (χ4n) is 9.84. The van der Waals surface area contributed by atoms with Gasteiger partial charge in [0.05, 0.1) is 25.4 Å². The third kappa shape index (κ3) is 58.9. The van der Waals surface area contributed by atoms with Gasteiger partial charge in [0.25, 0.3) is 0 Å². The quantitative estimate of drug-likeness (QED) is 0.0320. The van der Waals surface area contributed by atoms with E-state index in [9.17, 15) is 19.8 Å². The van der Waals surface area contributed by atoms with E-state index in [2.05, 4.69) is 55.6 Å². The number of ether oxygens (including phenoxy) is 1. The molecule has 3 N–H and O–H groups in total. The van der Waals surface area contributed by atoms with Crippen LogP contribution < -0.4 is 5.32 Å². The van der Waals surface area contributed by atoms with E-state index in [0.29, 0.717) is 19.4 Å². The Morgan fingerprint density at radius 3 is 1.08 bits per heavy atom. The van der Waals surface area contributed by atoms with Gasteiger partial charge in [-0.05, 0) is 89.9 Å². The molecule has 0 spiro atoms. The molecule has 0 aliphatic rings. The Kier molecular flexibility index (Phi) is 60.5. The third-order valence-corrected chi connectivity index (χ3v) is 14.8. The van der Waals surface area contributed by atoms with Crippen molar-refractivity contribution >= 4 is 11.9 Å². The summed E-state index contributed by atoms with van der Waals surface area (Å²) in [6.45, 7) is 4.88. The second kappa shape index (κ2) is 62.4. The number of aliphatic hydroxyl groups excluding tert-OH is 2. The molecule has 6 heteroatoms. The van der Waals surface area contributed by atoms with E-state index in [4.69, 9.17) is 4.74 Å². The number of rotatable bonds is 60. The fraction of sp³-hybridized carbons (Fsp3) is 0.851. The second-order valence-electron chi connectivity index (χ2n) is 22.1. The first-order valence-electron chi connectivity index (χ1n) is 32.4. The van der Waals surface area contributed by atoms with Gasteiger partial charge in [-0.1, -0.05) is 287 Å². The monoisotopic (exact) mass is 1020 g/mol. The summed E-state index contributed by atoms with van der Waals surface area (Å²) in [5, 5.41) is 23.2. The molecule has 0 aromatic rings. The van der Waals surface area contributed by atoms with Crippen LogP contribution in [0.2, 0.25) is 0 Å². The minimum atomic E-state index is -0.855. The van der Waals surface area contributed by atoms with E-state index in [1.54, 1.807) is 6.08 Å². The van der Waals surface area contributed by atoms with Crippen LogP contribution in [0.3, 0.4) is 0 Å². The number of amides is 1. The SMILES string of the molecule is CCCCC/C=C\C/C=C\CCCCCCCCCC(=O)OCCCCCCCCCCC/C=C\CCCCCCCC(=O)NC(CO)C(O)/C=C/CCCCCCCCCCCCCCCCCCCCC. The number of unbranched alkanes of at least 4 members (excludes halogenated alkanes) is 43. The predicted octanol–water partition coefficient (Wildman–Crippen LogP) is 20.5. The van der Waals surface area contributed by atoms with Crippen LogP contribution in [0, 0.1) is 0 Å². The van der Waals surface area contributed by atoms with Crippen molar-refractivity contribution < 1.29 is 24.5 Å². The van der Waals surface area contributed by atoms with Crippen molar-refractivity contribution in [2.75, 3.05) is 13.2 Å². The number of allylic oxidation sites excluding steroid dienone is 7. The lowest BCUT2D eigenvalue weighted by Crippen LogP contribution is -2.45. The maximum absolute atomic E-state index is 12.5. The highest BCUT2D eigenvalue weighted by molar-refractivity contribution is 5.76. The van der Waals surface area contributed by atoms with E-state index in [0.717, 1.165) is 70.6 Å². The number of hydrogen-bond donors (Lipinski definition) is 3. The van der Waals surface area contributed by atoms with Gasteiger partial charge in [0.15, 0.2) is 0 Å². The average molecular weight is 1020 g/mol. The number of carbonyl (C=O) groups is 2. The highest BCUT2D eigenvalue weighted by Crippen LogP contribution is 2.17. The molecule has 0 saturated heterocycles. The Hall–Kier alpha value is -2.18. The number of aliphatic hydroxyl groups is 2. The molecule has 0 bridgehead atoms. The van der Waals surface area contributed by atoms with Crippen LogP contribution in [0.15, 0.2) is 48.6 Å². The molecule has 73 heavy (non-hydrogen) atoms. The van der Waals surface area contributed by atoms with E-state index in [1.807, 2.05) is 6.08 Å². The molecule has 0 aliphatic heterocycles. The van der Waals surface area contributed by atoms with Gasteiger partial charge in [0, 0.05) is 12.8 Å². The molecule has 0 saturated carbocycles. The predicted molar refractivity (Wildman–Crippen MR) is 319 cm³/mol. The van der Waals surface area contributed by atoms with Gasteiger partial charge in [-0.2, -0.15) is 0 Å². The summed E-state index contributed by atoms with van der Waals surface area (Å²) in [5.41, 5.74) is 0. The Labute approximate surface area is 455 Å². The lowest BCUT2D eigenvalue weighted by atomic mass is 10.0. The maximum Gasteiger partial charge on any atom is 0.305 e. The van der Waals surface area contributed by atoms with Crippen LogP contribution in [-0.2, 0) is 14.3 Å². The minimum Gasteiger partial charge on any atom is -0.466 e. The second-order valence-corrected chi connectivity index (χ2v) is 22.1. The molecule has 0 rings (SSSR count). The Morgan fingerprint density at radius 1 is 0.384 bits per heavy atom. The molecule has 0 heterocycles. The number of esters is 1. The summed E-state index contributed by atoms with van der Waals surface area (Å²) in [5.74, 6) is -0.0859. The van der Waals surface area contributed by atoms with Crippen molar-refractivity contribution in [2.24, 2.45) is 0 Å². The first kappa shape index (κ1) is 70.8. The van der Waals surface area contributed by atoms with Gasteiger partial charge in [-0.3, -0.25) is 9.59 Å². The zero-order chi connectivity index (χ0) is 52.9. The molecule has 2 unspecified atom stereocenters. The number of carbonyl (C=O) groups excluding carboxylic acids is 2. The van der Waals surface area contributed by atoms with Gasteiger partial charge in [-0.15, -0.1) is 0 Å². The van der Waals surface area contributed by atoms with Gasteiger partial charge in [0.2, 0.25) is 5.91 Å².